The van der Waals surface area contributed by atoms with Crippen molar-refractivity contribution in [2.45, 2.75) is 152 Å². The summed E-state index contributed by atoms with van der Waals surface area (Å²) in [5.74, 6) is 0. The highest BCUT2D eigenvalue weighted by Crippen LogP contribution is 2.23. The highest BCUT2D eigenvalue weighted by atomic mass is 14.1. The second kappa shape index (κ2) is 17.4. The summed E-state index contributed by atoms with van der Waals surface area (Å²) in [7, 11) is 0. The van der Waals surface area contributed by atoms with Crippen molar-refractivity contribution in [3.05, 3.63) is 0 Å². The van der Waals surface area contributed by atoms with Gasteiger partial charge in [-0.2, -0.15) is 0 Å². The highest BCUT2D eigenvalue weighted by molar-refractivity contribution is 4.61. The fourth-order valence-corrected chi connectivity index (χ4v) is 2.90. The molecule has 0 aromatic heterocycles. The second-order valence-electron chi connectivity index (χ2n) is 10.2. The molecule has 154 valence electrons. The van der Waals surface area contributed by atoms with E-state index in [0.717, 1.165) is 12.8 Å². The summed E-state index contributed by atoms with van der Waals surface area (Å²) in [5.41, 5.74) is 1.03. The van der Waals surface area contributed by atoms with Crippen LogP contribution in [0.15, 0.2) is 0 Å². The van der Waals surface area contributed by atoms with Crippen LogP contribution in [-0.4, -0.2) is 0 Å². The van der Waals surface area contributed by atoms with Crippen LogP contribution in [0.2, 0.25) is 0 Å². The van der Waals surface area contributed by atoms with Gasteiger partial charge in [0.2, 0.25) is 0 Å². The van der Waals surface area contributed by atoms with Gasteiger partial charge >= 0.3 is 0 Å². The van der Waals surface area contributed by atoms with E-state index in [1.807, 2.05) is 0 Å². The second-order valence-corrected chi connectivity index (χ2v) is 10.2. The molecule has 0 aliphatic rings. The summed E-state index contributed by atoms with van der Waals surface area (Å²) in [4.78, 5) is 0. The third-order valence-corrected chi connectivity index (χ3v) is 4.60. The molecular formula is C25H54. The molecule has 0 nitrogen and oxygen atoms in total. The fourth-order valence-electron chi connectivity index (χ4n) is 2.90. The van der Waals surface area contributed by atoms with E-state index < -0.39 is 0 Å². The molecule has 0 rings (SSSR count). The van der Waals surface area contributed by atoms with Gasteiger partial charge in [-0.3, -0.25) is 0 Å². The quantitative estimate of drug-likeness (QED) is 0.288. The smallest absolute Gasteiger partial charge is 0.0230 e. The van der Waals surface area contributed by atoms with Gasteiger partial charge in [-0.15, -0.1) is 0 Å². The summed E-state index contributed by atoms with van der Waals surface area (Å²) < 4.78 is 14.0. The molecule has 0 heterocycles. The van der Waals surface area contributed by atoms with Gasteiger partial charge in [0.15, 0.2) is 0 Å². The Hall–Kier alpha value is 0. The Kier molecular flexibility index (Phi) is 16.1. The zero-order valence-corrected chi connectivity index (χ0v) is 19.0. The zero-order valence-electron chi connectivity index (χ0n) is 21.0. The van der Waals surface area contributed by atoms with Crippen LogP contribution in [0.4, 0.5) is 0 Å². The van der Waals surface area contributed by atoms with Crippen LogP contribution in [0.1, 0.15) is 154 Å². The largest absolute Gasteiger partial charge is 0.0654 e. The van der Waals surface area contributed by atoms with Gasteiger partial charge < -0.3 is 0 Å². The van der Waals surface area contributed by atoms with Crippen molar-refractivity contribution in [1.82, 2.24) is 0 Å². The first-order valence-electron chi connectivity index (χ1n) is 12.6. The van der Waals surface area contributed by atoms with Gasteiger partial charge in [-0.1, -0.05) is 139 Å². The molecule has 0 bridgehead atoms. The lowest BCUT2D eigenvalue weighted by atomic mass is 9.89. The molecule has 0 fully saturated rings. The van der Waals surface area contributed by atoms with Gasteiger partial charge in [0, 0.05) is 2.74 Å². The first kappa shape index (κ1) is 23.0. The Bertz CT molecular complexity index is 273. The van der Waals surface area contributed by atoms with Crippen molar-refractivity contribution in [1.29, 1.82) is 0 Å². The molecule has 0 unspecified atom stereocenters. The van der Waals surface area contributed by atoms with Gasteiger partial charge in [-0.05, 0) is 23.7 Å². The van der Waals surface area contributed by atoms with Crippen LogP contribution in [-0.2, 0) is 0 Å². The maximum Gasteiger partial charge on any atom is 0.0230 e. The van der Waals surface area contributed by atoms with Crippen LogP contribution in [0.25, 0.3) is 0 Å². The molecule has 0 saturated carbocycles. The molecule has 0 aromatic carbocycles. The average Bonchev–Trinajstić information content (AvgIpc) is 2.55. The molecule has 0 heteroatoms. The van der Waals surface area contributed by atoms with E-state index in [0.29, 0.717) is 24.6 Å². The molecule has 0 atom stereocenters. The van der Waals surface area contributed by atoms with E-state index in [9.17, 15) is 0 Å². The number of hydrogen-bond acceptors (Lipinski definition) is 0. The number of hydrogen-bond donors (Lipinski definition) is 0. The lowest BCUT2D eigenvalue weighted by molar-refractivity contribution is 0.356. The SMILES string of the molecule is [2H]CCCCCCCCC(C)(C)C.[2H]CCCCCCCCCC(C)(C)C. The fraction of sp³-hybridized carbons (Fsp3) is 1.00. The Balaban J connectivity index is 0. The molecule has 0 aliphatic heterocycles. The van der Waals surface area contributed by atoms with Crippen LogP contribution in [0.5, 0.6) is 0 Å². The number of rotatable bonds is 13. The minimum Gasteiger partial charge on any atom is -0.0654 e. The molecule has 0 aromatic rings. The number of unbranched alkanes of at least 4 members (excludes halogenated alkanes) is 11. The standard InChI is InChI=1S/C13H28.C12H26/c1-5-6-7-8-9-10-11-12-13(2,3)4;1-5-6-7-8-9-10-11-12(2,3)4/h5-12H2,1-4H3;5-11H2,1-4H3/i2*1D. The summed E-state index contributed by atoms with van der Waals surface area (Å²) >= 11 is 0. The molecule has 0 amide bonds. The van der Waals surface area contributed by atoms with Gasteiger partial charge in [0.25, 0.3) is 0 Å². The summed E-state index contributed by atoms with van der Waals surface area (Å²) in [6.45, 7) is 15.1. The van der Waals surface area contributed by atoms with Crippen molar-refractivity contribution < 1.29 is 2.74 Å². The molecule has 0 N–H and O–H groups in total. The van der Waals surface area contributed by atoms with Crippen LogP contribution >= 0.6 is 0 Å². The van der Waals surface area contributed by atoms with Gasteiger partial charge in [0.05, 0.1) is 0 Å². The molecule has 0 spiro atoms. The maximum absolute atomic E-state index is 7.02. The van der Waals surface area contributed by atoms with Crippen molar-refractivity contribution in [3.63, 3.8) is 0 Å². The third kappa shape index (κ3) is 32.2. The maximum atomic E-state index is 7.02. The Morgan fingerprint density at radius 1 is 0.440 bits per heavy atom. The molecule has 0 saturated heterocycles. The van der Waals surface area contributed by atoms with Gasteiger partial charge in [0.1, 0.15) is 0 Å². The Morgan fingerprint density at radius 3 is 1.00 bits per heavy atom. The zero-order chi connectivity index (χ0) is 21.0. The van der Waals surface area contributed by atoms with Gasteiger partial charge in [-0.25, -0.2) is 0 Å². The molecular weight excluding hydrogens is 300 g/mol. The normalized spacial score (nSPS) is 13.0. The van der Waals surface area contributed by atoms with Crippen molar-refractivity contribution >= 4 is 0 Å². The predicted molar refractivity (Wildman–Crippen MR) is 120 cm³/mol. The van der Waals surface area contributed by atoms with E-state index in [-0.39, 0.29) is 0 Å². The monoisotopic (exact) mass is 356 g/mol. The predicted octanol–water partition coefficient (Wildman–Crippen LogP) is 9.96. The minimum atomic E-state index is 0.515. The Morgan fingerprint density at radius 2 is 0.720 bits per heavy atom. The lowest BCUT2D eigenvalue weighted by Gasteiger charge is -2.17. The Labute approximate surface area is 165 Å². The van der Waals surface area contributed by atoms with E-state index in [2.05, 4.69) is 41.5 Å². The van der Waals surface area contributed by atoms with E-state index in [4.69, 9.17) is 2.74 Å². The van der Waals surface area contributed by atoms with Crippen molar-refractivity contribution in [2.75, 3.05) is 0 Å². The summed E-state index contributed by atoms with van der Waals surface area (Å²) in [6.07, 6.45) is 19.8. The highest BCUT2D eigenvalue weighted by Gasteiger charge is 2.09. The van der Waals surface area contributed by atoms with Crippen LogP contribution in [0, 0.1) is 10.8 Å². The van der Waals surface area contributed by atoms with E-state index in [1.165, 1.54) is 83.5 Å². The first-order chi connectivity index (χ1) is 12.6. The van der Waals surface area contributed by atoms with Crippen molar-refractivity contribution in [2.24, 2.45) is 10.8 Å². The first-order valence-corrected chi connectivity index (χ1v) is 11.2. The topological polar surface area (TPSA) is 0 Å². The van der Waals surface area contributed by atoms with Crippen LogP contribution in [0.3, 0.4) is 0 Å². The summed E-state index contributed by atoms with van der Waals surface area (Å²) in [5, 5.41) is 0. The average molecular weight is 357 g/mol. The van der Waals surface area contributed by atoms with E-state index >= 15 is 0 Å². The molecule has 25 heavy (non-hydrogen) atoms. The lowest BCUT2D eigenvalue weighted by Crippen LogP contribution is -2.03. The third-order valence-electron chi connectivity index (χ3n) is 4.60. The molecule has 0 aliphatic carbocycles. The van der Waals surface area contributed by atoms with Crippen molar-refractivity contribution in [3.8, 4) is 0 Å². The minimum absolute atomic E-state index is 0.515. The van der Waals surface area contributed by atoms with Crippen LogP contribution < -0.4 is 0 Å². The summed E-state index contributed by atoms with van der Waals surface area (Å²) in [6, 6.07) is 0. The van der Waals surface area contributed by atoms with E-state index in [1.54, 1.807) is 0 Å². The molecule has 0 radical (unpaired) electrons.